The van der Waals surface area contributed by atoms with Crippen molar-refractivity contribution < 1.29 is 33.9 Å². The number of ketones is 1. The quantitative estimate of drug-likeness (QED) is 0.199. The molecule has 0 saturated carbocycles. The number of hydrogen-bond acceptors (Lipinski definition) is 6. The van der Waals surface area contributed by atoms with E-state index in [1.165, 1.54) is 73.9 Å². The molecule has 7 nitrogen and oxygen atoms in total. The fraction of sp³-hybridized carbons (Fsp3) is 0.0435. The van der Waals surface area contributed by atoms with Crippen LogP contribution in [-0.4, -0.2) is 24.1 Å². The highest BCUT2D eigenvalue weighted by atomic mass is 19.1. The Balaban J connectivity index is 1.86. The molecule has 1 unspecified atom stereocenters. The first-order valence-electron chi connectivity index (χ1n) is 9.09. The van der Waals surface area contributed by atoms with Crippen LogP contribution in [0.25, 0.3) is 6.08 Å². The Bertz CT molecular complexity index is 1130. The molecule has 8 heteroatoms. The Morgan fingerprint density at radius 3 is 2.42 bits per heavy atom. The van der Waals surface area contributed by atoms with Crippen molar-refractivity contribution in [2.24, 2.45) is 0 Å². The third-order valence-electron chi connectivity index (χ3n) is 4.34. The summed E-state index contributed by atoms with van der Waals surface area (Å²) in [6, 6.07) is 15.5. The number of quaternary nitrogens is 1. The van der Waals surface area contributed by atoms with E-state index in [-0.39, 0.29) is 28.1 Å². The molecular weight excluding hydrogens is 405 g/mol. The number of esters is 1. The van der Waals surface area contributed by atoms with Crippen LogP contribution in [0.3, 0.4) is 0 Å². The molecule has 0 saturated heterocycles. The minimum atomic E-state index is -1.12. The Labute approximate surface area is 177 Å². The highest BCUT2D eigenvalue weighted by Gasteiger charge is 2.17. The molecule has 0 aromatic heterocycles. The van der Waals surface area contributed by atoms with Gasteiger partial charge in [0.25, 0.3) is 0 Å². The molecule has 0 aliphatic heterocycles. The standard InChI is InChI=1S/C23H18FNO6/c1-30-18-11-12-19(21(26)13-8-15-4-2-3-5-20(15)24)22(14-18)31-23(27)16-6-9-17(10-7-16)25(28)29/h2-14,25,28H,1H3. The number of benzene rings is 3. The number of carbonyl (C=O) groups excluding carboxylic acids is 2. The summed E-state index contributed by atoms with van der Waals surface area (Å²) >= 11 is 0. The van der Waals surface area contributed by atoms with E-state index < -0.39 is 22.8 Å². The smallest absolute Gasteiger partial charge is 0.343 e. The van der Waals surface area contributed by atoms with Gasteiger partial charge in [0.2, 0.25) is 0 Å². The highest BCUT2D eigenvalue weighted by molar-refractivity contribution is 6.09. The van der Waals surface area contributed by atoms with E-state index in [0.717, 1.165) is 0 Å². The molecule has 0 bridgehead atoms. The van der Waals surface area contributed by atoms with Crippen molar-refractivity contribution in [3.05, 3.63) is 101 Å². The van der Waals surface area contributed by atoms with Crippen LogP contribution in [0.1, 0.15) is 26.3 Å². The number of halogens is 1. The number of methoxy groups -OCH3 is 1. The molecule has 0 spiro atoms. The number of nitrogens with one attached hydrogen (secondary N) is 1. The van der Waals surface area contributed by atoms with E-state index in [9.17, 15) is 19.2 Å². The molecule has 0 aliphatic rings. The normalized spacial score (nSPS) is 11.9. The summed E-state index contributed by atoms with van der Waals surface area (Å²) < 4.78 is 24.3. The lowest BCUT2D eigenvalue weighted by molar-refractivity contribution is -0.991. The van der Waals surface area contributed by atoms with E-state index in [0.29, 0.717) is 5.75 Å². The van der Waals surface area contributed by atoms with Crippen LogP contribution in [0.2, 0.25) is 0 Å². The van der Waals surface area contributed by atoms with Gasteiger partial charge >= 0.3 is 5.97 Å². The SMILES string of the molecule is COc1ccc(C(=O)C=Cc2ccccc2F)c(OC(=O)c2ccc([NH+]([O-])O)cc2)c1. The largest absolute Gasteiger partial charge is 0.595 e. The van der Waals surface area contributed by atoms with E-state index in [1.807, 2.05) is 0 Å². The van der Waals surface area contributed by atoms with Gasteiger partial charge in [0.1, 0.15) is 17.3 Å². The fourth-order valence-corrected chi connectivity index (χ4v) is 2.69. The number of ether oxygens (including phenoxy) is 2. The monoisotopic (exact) mass is 423 g/mol. The average Bonchev–Trinajstić information content (AvgIpc) is 2.78. The summed E-state index contributed by atoms with van der Waals surface area (Å²) in [4.78, 5) is 25.2. The zero-order valence-electron chi connectivity index (χ0n) is 16.4. The van der Waals surface area contributed by atoms with Crippen LogP contribution >= 0.6 is 0 Å². The Morgan fingerprint density at radius 2 is 1.77 bits per heavy atom. The van der Waals surface area contributed by atoms with Crippen LogP contribution in [0.15, 0.2) is 72.8 Å². The minimum Gasteiger partial charge on any atom is -0.595 e. The number of allylic oxidation sites excluding steroid dienone is 1. The summed E-state index contributed by atoms with van der Waals surface area (Å²) in [6.45, 7) is 0. The molecule has 0 aliphatic carbocycles. The zero-order valence-corrected chi connectivity index (χ0v) is 16.4. The lowest BCUT2D eigenvalue weighted by Gasteiger charge is -2.12. The summed E-state index contributed by atoms with van der Waals surface area (Å²) in [6.07, 6.45) is 2.51. The molecule has 3 rings (SSSR count). The van der Waals surface area contributed by atoms with Crippen LogP contribution in [-0.2, 0) is 0 Å². The molecule has 3 aromatic carbocycles. The van der Waals surface area contributed by atoms with Crippen molar-refractivity contribution in [2.45, 2.75) is 0 Å². The van der Waals surface area contributed by atoms with E-state index in [2.05, 4.69) is 0 Å². The van der Waals surface area contributed by atoms with Gasteiger partial charge in [-0.05, 0) is 42.5 Å². The number of carbonyl (C=O) groups is 2. The fourth-order valence-electron chi connectivity index (χ4n) is 2.69. The molecule has 31 heavy (non-hydrogen) atoms. The first kappa shape index (κ1) is 21.8. The van der Waals surface area contributed by atoms with Crippen LogP contribution in [0.4, 0.5) is 10.1 Å². The number of hydrogen-bond donors (Lipinski definition) is 2. The van der Waals surface area contributed by atoms with Gasteiger partial charge in [0, 0.05) is 23.8 Å². The first-order valence-corrected chi connectivity index (χ1v) is 9.09. The van der Waals surface area contributed by atoms with Crippen molar-refractivity contribution in [1.82, 2.24) is 0 Å². The third-order valence-corrected chi connectivity index (χ3v) is 4.34. The highest BCUT2D eigenvalue weighted by Crippen LogP contribution is 2.27. The number of rotatable bonds is 7. The molecule has 0 radical (unpaired) electrons. The van der Waals surface area contributed by atoms with E-state index >= 15 is 0 Å². The minimum absolute atomic E-state index is 0.0204. The second-order valence-corrected chi connectivity index (χ2v) is 6.35. The van der Waals surface area contributed by atoms with Crippen molar-refractivity contribution in [3.63, 3.8) is 0 Å². The molecular formula is C23H18FNO6. The van der Waals surface area contributed by atoms with Crippen molar-refractivity contribution in [2.75, 3.05) is 7.11 Å². The molecule has 1 atom stereocenters. The molecule has 0 fully saturated rings. The lowest BCUT2D eigenvalue weighted by Crippen LogP contribution is -2.99. The second-order valence-electron chi connectivity index (χ2n) is 6.35. The van der Waals surface area contributed by atoms with Crippen molar-refractivity contribution in [1.29, 1.82) is 0 Å². The van der Waals surface area contributed by atoms with Gasteiger partial charge in [0.15, 0.2) is 11.5 Å². The summed E-state index contributed by atoms with van der Waals surface area (Å²) in [5.74, 6) is -1.45. The van der Waals surface area contributed by atoms with E-state index in [1.54, 1.807) is 12.1 Å². The maximum Gasteiger partial charge on any atom is 0.343 e. The summed E-state index contributed by atoms with van der Waals surface area (Å²) in [7, 11) is 1.42. The van der Waals surface area contributed by atoms with Crippen molar-refractivity contribution in [3.8, 4) is 11.5 Å². The molecule has 0 heterocycles. The Kier molecular flexibility index (Phi) is 6.88. The average molecular weight is 423 g/mol. The molecule has 0 amide bonds. The van der Waals surface area contributed by atoms with Gasteiger partial charge in [-0.2, -0.15) is 5.23 Å². The van der Waals surface area contributed by atoms with Crippen LogP contribution < -0.4 is 14.7 Å². The lowest BCUT2D eigenvalue weighted by atomic mass is 10.1. The van der Waals surface area contributed by atoms with Crippen LogP contribution in [0, 0.1) is 11.0 Å². The van der Waals surface area contributed by atoms with Crippen molar-refractivity contribution >= 4 is 23.5 Å². The predicted octanol–water partition coefficient (Wildman–Crippen LogP) is 3.35. The maximum atomic E-state index is 13.8. The van der Waals surface area contributed by atoms with Gasteiger partial charge in [0.05, 0.1) is 18.2 Å². The van der Waals surface area contributed by atoms with Crippen LogP contribution in [0.5, 0.6) is 11.5 Å². The Hall–Kier alpha value is -3.85. The summed E-state index contributed by atoms with van der Waals surface area (Å²) in [5, 5.41) is 18.8. The van der Waals surface area contributed by atoms with E-state index in [4.69, 9.17) is 14.7 Å². The van der Waals surface area contributed by atoms with Gasteiger partial charge in [-0.15, -0.1) is 0 Å². The van der Waals surface area contributed by atoms with Gasteiger partial charge in [-0.25, -0.2) is 14.4 Å². The third kappa shape index (κ3) is 5.40. The molecule has 3 aromatic rings. The predicted molar refractivity (Wildman–Crippen MR) is 110 cm³/mol. The molecule has 2 N–H and O–H groups in total. The summed E-state index contributed by atoms with van der Waals surface area (Å²) in [5.41, 5.74) is 0.436. The first-order chi connectivity index (χ1) is 14.9. The van der Waals surface area contributed by atoms with Gasteiger partial charge in [-0.1, -0.05) is 18.2 Å². The maximum absolute atomic E-state index is 13.8. The van der Waals surface area contributed by atoms with Gasteiger partial charge < -0.3 is 14.7 Å². The Morgan fingerprint density at radius 1 is 1.06 bits per heavy atom. The topological polar surface area (TPSA) is 100 Å². The molecule has 158 valence electrons. The second kappa shape index (κ2) is 9.77. The zero-order chi connectivity index (χ0) is 22.4. The van der Waals surface area contributed by atoms with Gasteiger partial charge in [-0.3, -0.25) is 4.79 Å².